The number of nitrogen functional groups attached to an aromatic ring is 1. The van der Waals surface area contributed by atoms with E-state index in [2.05, 4.69) is 31.1 Å². The first-order valence-corrected chi connectivity index (χ1v) is 6.35. The van der Waals surface area contributed by atoms with Crippen molar-refractivity contribution < 1.29 is 4.52 Å². The van der Waals surface area contributed by atoms with Crippen LogP contribution in [0, 0.1) is 0 Å². The molecule has 19 heavy (non-hydrogen) atoms. The molecular formula is C13H9BrN4O. The van der Waals surface area contributed by atoms with Crippen LogP contribution in [0.3, 0.4) is 0 Å². The second-order valence-corrected chi connectivity index (χ2v) is 4.71. The van der Waals surface area contributed by atoms with Gasteiger partial charge in [-0.3, -0.25) is 0 Å². The van der Waals surface area contributed by atoms with Crippen molar-refractivity contribution in [1.29, 1.82) is 0 Å². The molecule has 0 spiro atoms. The number of anilines is 1. The molecule has 6 heteroatoms. The first kappa shape index (κ1) is 11.9. The van der Waals surface area contributed by atoms with Crippen molar-refractivity contribution in [2.24, 2.45) is 0 Å². The van der Waals surface area contributed by atoms with Crippen molar-refractivity contribution in [3.05, 3.63) is 46.9 Å². The van der Waals surface area contributed by atoms with E-state index in [0.29, 0.717) is 23.2 Å². The second-order valence-electron chi connectivity index (χ2n) is 3.85. The molecule has 0 aliphatic heterocycles. The fraction of sp³-hybridized carbons (Fsp3) is 0. The van der Waals surface area contributed by atoms with E-state index in [1.54, 1.807) is 18.2 Å². The third kappa shape index (κ3) is 2.34. The largest absolute Gasteiger partial charge is 0.384 e. The van der Waals surface area contributed by atoms with Gasteiger partial charge in [0.2, 0.25) is 5.82 Å². The van der Waals surface area contributed by atoms with Crippen molar-refractivity contribution in [3.63, 3.8) is 0 Å². The van der Waals surface area contributed by atoms with Crippen LogP contribution in [-0.4, -0.2) is 15.1 Å². The van der Waals surface area contributed by atoms with Crippen LogP contribution in [0.1, 0.15) is 0 Å². The van der Waals surface area contributed by atoms with Crippen molar-refractivity contribution in [3.8, 4) is 23.0 Å². The van der Waals surface area contributed by atoms with E-state index < -0.39 is 0 Å². The fourth-order valence-electron chi connectivity index (χ4n) is 1.65. The van der Waals surface area contributed by atoms with Crippen LogP contribution >= 0.6 is 15.9 Å². The molecule has 0 atom stereocenters. The molecule has 0 amide bonds. The number of hydrogen-bond acceptors (Lipinski definition) is 5. The maximum Gasteiger partial charge on any atom is 0.276 e. The molecule has 0 aliphatic rings. The zero-order valence-corrected chi connectivity index (χ0v) is 11.3. The lowest BCUT2D eigenvalue weighted by Gasteiger charge is -1.96. The minimum Gasteiger partial charge on any atom is -0.384 e. The lowest BCUT2D eigenvalue weighted by Crippen LogP contribution is -1.91. The molecule has 0 fully saturated rings. The van der Waals surface area contributed by atoms with Gasteiger partial charge in [-0.15, -0.1) is 0 Å². The number of hydrogen-bond donors (Lipinski definition) is 1. The highest BCUT2D eigenvalue weighted by molar-refractivity contribution is 9.10. The molecule has 94 valence electrons. The van der Waals surface area contributed by atoms with Gasteiger partial charge < -0.3 is 10.3 Å². The highest BCUT2D eigenvalue weighted by atomic mass is 79.9. The van der Waals surface area contributed by atoms with Crippen LogP contribution in [0.5, 0.6) is 0 Å². The van der Waals surface area contributed by atoms with E-state index in [4.69, 9.17) is 10.3 Å². The Morgan fingerprint density at radius 3 is 2.63 bits per heavy atom. The van der Waals surface area contributed by atoms with Gasteiger partial charge in [0.1, 0.15) is 11.5 Å². The van der Waals surface area contributed by atoms with Gasteiger partial charge in [0.05, 0.1) is 0 Å². The van der Waals surface area contributed by atoms with E-state index in [-0.39, 0.29) is 0 Å². The molecule has 2 aromatic heterocycles. The summed E-state index contributed by atoms with van der Waals surface area (Å²) in [5.74, 6) is 1.27. The summed E-state index contributed by atoms with van der Waals surface area (Å²) in [6, 6.07) is 12.9. The van der Waals surface area contributed by atoms with E-state index in [0.717, 1.165) is 10.0 Å². The van der Waals surface area contributed by atoms with Crippen LogP contribution in [0.15, 0.2) is 51.5 Å². The van der Waals surface area contributed by atoms with Crippen molar-refractivity contribution in [2.45, 2.75) is 0 Å². The predicted octanol–water partition coefficient (Wildman–Crippen LogP) is 3.14. The fourth-order valence-corrected chi connectivity index (χ4v) is 2.11. The molecular weight excluding hydrogens is 308 g/mol. The number of pyridine rings is 1. The van der Waals surface area contributed by atoms with Gasteiger partial charge >= 0.3 is 0 Å². The Bertz CT molecular complexity index is 726. The predicted molar refractivity (Wildman–Crippen MR) is 75.1 cm³/mol. The number of nitrogens with zero attached hydrogens (tertiary/aromatic N) is 3. The van der Waals surface area contributed by atoms with Gasteiger partial charge in [-0.2, -0.15) is 4.98 Å². The van der Waals surface area contributed by atoms with Crippen LogP contribution < -0.4 is 5.73 Å². The average molecular weight is 317 g/mol. The van der Waals surface area contributed by atoms with E-state index in [1.807, 2.05) is 24.3 Å². The summed E-state index contributed by atoms with van der Waals surface area (Å²) < 4.78 is 6.12. The molecule has 0 bridgehead atoms. The zero-order valence-electron chi connectivity index (χ0n) is 9.75. The third-order valence-corrected chi connectivity index (χ3v) is 3.22. The second kappa shape index (κ2) is 4.81. The zero-order chi connectivity index (χ0) is 13.2. The Morgan fingerprint density at radius 1 is 1.00 bits per heavy atom. The Labute approximate surface area is 117 Å². The van der Waals surface area contributed by atoms with Crippen molar-refractivity contribution >= 4 is 21.7 Å². The first-order chi connectivity index (χ1) is 9.24. The number of benzene rings is 1. The molecule has 3 aromatic rings. The molecule has 5 nitrogen and oxygen atoms in total. The number of aromatic nitrogens is 3. The Morgan fingerprint density at radius 2 is 1.84 bits per heavy atom. The molecule has 0 unspecified atom stereocenters. The van der Waals surface area contributed by atoms with Crippen LogP contribution in [-0.2, 0) is 0 Å². The number of nitrogens with two attached hydrogens (primary N) is 1. The van der Waals surface area contributed by atoms with Gasteiger partial charge in [-0.05, 0) is 24.3 Å². The van der Waals surface area contributed by atoms with Gasteiger partial charge in [0, 0.05) is 10.0 Å². The number of halogens is 1. The Balaban J connectivity index is 2.03. The molecule has 0 saturated carbocycles. The summed E-state index contributed by atoms with van der Waals surface area (Å²) >= 11 is 3.45. The minimum absolute atomic E-state index is 0.345. The summed E-state index contributed by atoms with van der Waals surface area (Å²) in [4.78, 5) is 8.47. The average Bonchev–Trinajstić information content (AvgIpc) is 2.89. The van der Waals surface area contributed by atoms with Crippen molar-refractivity contribution in [2.75, 3.05) is 5.73 Å². The summed E-state index contributed by atoms with van der Waals surface area (Å²) in [5.41, 5.74) is 7.05. The minimum atomic E-state index is 0.345. The summed E-state index contributed by atoms with van der Waals surface area (Å²) in [5, 5.41) is 3.96. The topological polar surface area (TPSA) is 77.8 Å². The lowest BCUT2D eigenvalue weighted by atomic mass is 10.2. The highest BCUT2D eigenvalue weighted by Gasteiger charge is 2.13. The molecule has 0 radical (unpaired) electrons. The Hall–Kier alpha value is -2.21. The van der Waals surface area contributed by atoms with Crippen molar-refractivity contribution in [1.82, 2.24) is 15.1 Å². The van der Waals surface area contributed by atoms with Gasteiger partial charge in [0.15, 0.2) is 0 Å². The van der Waals surface area contributed by atoms with Gasteiger partial charge in [-0.1, -0.05) is 39.3 Å². The van der Waals surface area contributed by atoms with Crippen LogP contribution in [0.4, 0.5) is 5.82 Å². The number of rotatable bonds is 2. The molecule has 0 saturated heterocycles. The van der Waals surface area contributed by atoms with E-state index in [1.165, 1.54) is 0 Å². The summed E-state index contributed by atoms with van der Waals surface area (Å²) in [6.07, 6.45) is 0. The molecule has 0 aliphatic carbocycles. The quantitative estimate of drug-likeness (QED) is 0.785. The molecule has 2 N–H and O–H groups in total. The summed E-state index contributed by atoms with van der Waals surface area (Å²) in [6.45, 7) is 0. The first-order valence-electron chi connectivity index (χ1n) is 5.55. The Kier molecular flexibility index (Phi) is 3.00. The maximum absolute atomic E-state index is 5.63. The van der Waals surface area contributed by atoms with E-state index >= 15 is 0 Å². The van der Waals surface area contributed by atoms with Crippen LogP contribution in [0.2, 0.25) is 0 Å². The smallest absolute Gasteiger partial charge is 0.276 e. The van der Waals surface area contributed by atoms with Crippen LogP contribution in [0.25, 0.3) is 23.0 Å². The molecule has 1 aromatic carbocycles. The van der Waals surface area contributed by atoms with E-state index in [9.17, 15) is 0 Å². The maximum atomic E-state index is 5.63. The van der Waals surface area contributed by atoms with Gasteiger partial charge in [-0.25, -0.2) is 4.98 Å². The molecule has 3 rings (SSSR count). The van der Waals surface area contributed by atoms with Gasteiger partial charge in [0.25, 0.3) is 5.89 Å². The lowest BCUT2D eigenvalue weighted by molar-refractivity contribution is 0.431. The third-order valence-electron chi connectivity index (χ3n) is 2.53. The SMILES string of the molecule is Nc1cccc(-c2nc(-c3ccccc3Br)no2)n1. The summed E-state index contributed by atoms with van der Waals surface area (Å²) in [7, 11) is 0. The monoisotopic (exact) mass is 316 g/mol. The molecule has 2 heterocycles. The normalized spacial score (nSPS) is 10.6. The highest BCUT2D eigenvalue weighted by Crippen LogP contribution is 2.27. The standard InChI is InChI=1S/C13H9BrN4O/c14-9-5-2-1-4-8(9)12-17-13(19-18-12)10-6-3-7-11(15)16-10/h1-7H,(H2,15,16).